The summed E-state index contributed by atoms with van der Waals surface area (Å²) < 4.78 is 0. The molecule has 1 heterocycles. The van der Waals surface area contributed by atoms with Gasteiger partial charge in [-0.2, -0.15) is 0 Å². The molecule has 1 aliphatic rings. The van der Waals surface area contributed by atoms with Crippen LogP contribution >= 0.6 is 0 Å². The van der Waals surface area contributed by atoms with Crippen LogP contribution in [0, 0.1) is 0 Å². The summed E-state index contributed by atoms with van der Waals surface area (Å²) in [6.07, 6.45) is 0. The minimum atomic E-state index is -0.504. The van der Waals surface area contributed by atoms with Crippen molar-refractivity contribution in [2.45, 2.75) is 5.41 Å². The quantitative estimate of drug-likeness (QED) is 0.185. The summed E-state index contributed by atoms with van der Waals surface area (Å²) in [6.45, 7) is 0. The van der Waals surface area contributed by atoms with Crippen molar-refractivity contribution in [1.82, 2.24) is 15.0 Å². The Morgan fingerprint density at radius 1 is 0.286 bits per heavy atom. The number of rotatable bonds is 6. The first-order chi connectivity index (χ1) is 24.3. The monoisotopic (exact) mass is 625 g/mol. The van der Waals surface area contributed by atoms with Crippen molar-refractivity contribution in [3.05, 3.63) is 210 Å². The zero-order valence-corrected chi connectivity index (χ0v) is 26.7. The molecule has 7 aromatic carbocycles. The summed E-state index contributed by atoms with van der Waals surface area (Å²) in [7, 11) is 0. The van der Waals surface area contributed by atoms with Gasteiger partial charge < -0.3 is 0 Å². The number of aromatic nitrogens is 3. The van der Waals surface area contributed by atoms with Crippen LogP contribution in [0.25, 0.3) is 56.4 Å². The van der Waals surface area contributed by atoms with E-state index in [1.807, 2.05) is 24.3 Å². The lowest BCUT2D eigenvalue weighted by Crippen LogP contribution is -2.28. The van der Waals surface area contributed by atoms with Crippen molar-refractivity contribution < 1.29 is 0 Å². The van der Waals surface area contributed by atoms with Crippen LogP contribution in [0.2, 0.25) is 0 Å². The molecule has 3 nitrogen and oxygen atoms in total. The molecule has 1 aromatic heterocycles. The van der Waals surface area contributed by atoms with Crippen LogP contribution in [0.1, 0.15) is 22.3 Å². The Morgan fingerprint density at radius 2 is 0.673 bits per heavy atom. The van der Waals surface area contributed by atoms with Crippen LogP contribution < -0.4 is 0 Å². The summed E-state index contributed by atoms with van der Waals surface area (Å²) in [5.74, 6) is 1.93. The fraction of sp³-hybridized carbons (Fsp3) is 0.0217. The Kier molecular flexibility index (Phi) is 7.02. The van der Waals surface area contributed by atoms with Gasteiger partial charge in [0.05, 0.1) is 5.41 Å². The minimum Gasteiger partial charge on any atom is -0.208 e. The van der Waals surface area contributed by atoms with Crippen molar-refractivity contribution in [2.24, 2.45) is 0 Å². The third-order valence-electron chi connectivity index (χ3n) is 9.63. The summed E-state index contributed by atoms with van der Waals surface area (Å²) in [5.41, 5.74) is 12.1. The van der Waals surface area contributed by atoms with E-state index in [9.17, 15) is 0 Å². The second-order valence-electron chi connectivity index (χ2n) is 12.4. The molecule has 0 amide bonds. The van der Waals surface area contributed by atoms with Gasteiger partial charge in [-0.25, -0.2) is 15.0 Å². The van der Waals surface area contributed by atoms with Crippen molar-refractivity contribution in [3.63, 3.8) is 0 Å². The maximum absolute atomic E-state index is 5.13. The average molecular weight is 626 g/mol. The van der Waals surface area contributed by atoms with Crippen LogP contribution in [0.4, 0.5) is 0 Å². The molecule has 3 heteroatoms. The van der Waals surface area contributed by atoms with Crippen LogP contribution in [0.5, 0.6) is 0 Å². The molecule has 230 valence electrons. The average Bonchev–Trinajstić information content (AvgIpc) is 3.50. The Bertz CT molecular complexity index is 2370. The number of hydrogen-bond donors (Lipinski definition) is 0. The Labute approximate surface area is 286 Å². The van der Waals surface area contributed by atoms with Crippen molar-refractivity contribution >= 4 is 0 Å². The third-order valence-corrected chi connectivity index (χ3v) is 9.63. The maximum atomic E-state index is 5.13. The number of hydrogen-bond acceptors (Lipinski definition) is 3. The van der Waals surface area contributed by atoms with Crippen molar-refractivity contribution in [3.8, 4) is 56.4 Å². The fourth-order valence-electron chi connectivity index (χ4n) is 7.40. The van der Waals surface area contributed by atoms with E-state index in [0.717, 1.165) is 22.3 Å². The van der Waals surface area contributed by atoms with Gasteiger partial charge in [-0.3, -0.25) is 0 Å². The van der Waals surface area contributed by atoms with Gasteiger partial charge in [-0.1, -0.05) is 182 Å². The standard InChI is InChI=1S/C46H31N3/c1-4-15-32(16-5-1)33-27-29-35(30-28-33)44-47-43(34-17-6-2-7-18-34)48-45(49-44)36-19-14-22-38(31-36)46(37-20-8-3-9-21-37)41-25-12-10-23-39(41)40-24-11-13-26-42(40)46/h1-31H. The Morgan fingerprint density at radius 3 is 1.27 bits per heavy atom. The molecular weight excluding hydrogens is 595 g/mol. The smallest absolute Gasteiger partial charge is 0.164 e. The molecule has 0 saturated carbocycles. The molecule has 0 radical (unpaired) electrons. The largest absolute Gasteiger partial charge is 0.208 e. The van der Waals surface area contributed by atoms with Crippen LogP contribution in [-0.2, 0) is 5.41 Å². The van der Waals surface area contributed by atoms with Gasteiger partial charge in [-0.15, -0.1) is 0 Å². The van der Waals surface area contributed by atoms with E-state index in [4.69, 9.17) is 15.0 Å². The fourth-order valence-corrected chi connectivity index (χ4v) is 7.40. The first kappa shape index (κ1) is 28.7. The van der Waals surface area contributed by atoms with Gasteiger partial charge >= 0.3 is 0 Å². The third kappa shape index (κ3) is 4.87. The summed E-state index contributed by atoms with van der Waals surface area (Å²) in [6, 6.07) is 66.3. The predicted molar refractivity (Wildman–Crippen MR) is 199 cm³/mol. The number of benzene rings is 7. The van der Waals surface area contributed by atoms with E-state index in [0.29, 0.717) is 17.5 Å². The number of nitrogens with zero attached hydrogens (tertiary/aromatic N) is 3. The molecule has 1 aliphatic carbocycles. The first-order valence-corrected chi connectivity index (χ1v) is 16.6. The summed E-state index contributed by atoms with van der Waals surface area (Å²) in [4.78, 5) is 15.2. The van der Waals surface area contributed by atoms with Gasteiger partial charge in [0.1, 0.15) is 0 Å². The molecule has 0 N–H and O–H groups in total. The second kappa shape index (κ2) is 12.0. The lowest BCUT2D eigenvalue weighted by Gasteiger charge is -2.34. The Hall–Kier alpha value is -6.45. The molecule has 49 heavy (non-hydrogen) atoms. The van der Waals surface area contributed by atoms with E-state index in [2.05, 4.69) is 164 Å². The van der Waals surface area contributed by atoms with Crippen LogP contribution in [0.3, 0.4) is 0 Å². The molecule has 0 saturated heterocycles. The number of fused-ring (bicyclic) bond motifs is 3. The predicted octanol–water partition coefficient (Wildman–Crippen LogP) is 10.9. The van der Waals surface area contributed by atoms with E-state index in [-0.39, 0.29) is 0 Å². The highest BCUT2D eigenvalue weighted by molar-refractivity contribution is 5.86. The minimum absolute atomic E-state index is 0.504. The lowest BCUT2D eigenvalue weighted by molar-refractivity contribution is 0.768. The van der Waals surface area contributed by atoms with Crippen LogP contribution in [0.15, 0.2) is 188 Å². The van der Waals surface area contributed by atoms with Crippen molar-refractivity contribution in [2.75, 3.05) is 0 Å². The van der Waals surface area contributed by atoms with Gasteiger partial charge in [0.25, 0.3) is 0 Å². The van der Waals surface area contributed by atoms with Gasteiger partial charge in [0.2, 0.25) is 0 Å². The molecule has 0 unspecified atom stereocenters. The van der Waals surface area contributed by atoms with Crippen molar-refractivity contribution in [1.29, 1.82) is 0 Å². The van der Waals surface area contributed by atoms with E-state index < -0.39 is 5.41 Å². The van der Waals surface area contributed by atoms with E-state index >= 15 is 0 Å². The van der Waals surface area contributed by atoms with Gasteiger partial charge in [-0.05, 0) is 50.6 Å². The van der Waals surface area contributed by atoms with Gasteiger partial charge in [0.15, 0.2) is 17.5 Å². The highest BCUT2D eigenvalue weighted by atomic mass is 15.0. The summed E-state index contributed by atoms with van der Waals surface area (Å²) in [5, 5.41) is 0. The molecular formula is C46H31N3. The molecule has 0 atom stereocenters. The topological polar surface area (TPSA) is 38.7 Å². The first-order valence-electron chi connectivity index (χ1n) is 16.6. The highest BCUT2D eigenvalue weighted by Gasteiger charge is 2.45. The zero-order valence-electron chi connectivity index (χ0n) is 26.7. The van der Waals surface area contributed by atoms with Crippen LogP contribution in [-0.4, -0.2) is 15.0 Å². The molecule has 0 fully saturated rings. The lowest BCUT2D eigenvalue weighted by atomic mass is 9.67. The Balaban J connectivity index is 1.23. The highest BCUT2D eigenvalue weighted by Crippen LogP contribution is 2.56. The zero-order chi connectivity index (χ0) is 32.6. The van der Waals surface area contributed by atoms with Gasteiger partial charge in [0, 0.05) is 16.7 Å². The maximum Gasteiger partial charge on any atom is 0.164 e. The molecule has 8 aromatic rings. The molecule has 0 bridgehead atoms. The SMILES string of the molecule is c1ccc(-c2ccc(-c3nc(-c4ccccc4)nc(-c4cccc(C5(c6ccccc6)c6ccccc6-c6ccccc65)c4)n3)cc2)cc1. The second-order valence-corrected chi connectivity index (χ2v) is 12.4. The summed E-state index contributed by atoms with van der Waals surface area (Å²) >= 11 is 0. The molecule has 0 spiro atoms. The van der Waals surface area contributed by atoms with E-state index in [1.165, 1.54) is 38.9 Å². The normalized spacial score (nSPS) is 12.7. The van der Waals surface area contributed by atoms with E-state index in [1.54, 1.807) is 0 Å². The molecule has 9 rings (SSSR count). The molecule has 0 aliphatic heterocycles.